The Hall–Kier alpha value is -2.37. The van der Waals surface area contributed by atoms with E-state index in [1.54, 1.807) is 24.4 Å². The molecule has 0 atom stereocenters. The second kappa shape index (κ2) is 7.03. The normalized spacial score (nSPS) is 11.0. The number of aromatic amines is 1. The zero-order chi connectivity index (χ0) is 17.1. The van der Waals surface area contributed by atoms with Gasteiger partial charge in [-0.25, -0.2) is 4.39 Å². The lowest BCUT2D eigenvalue weighted by atomic mass is 10.1. The molecule has 0 bridgehead atoms. The summed E-state index contributed by atoms with van der Waals surface area (Å²) in [6, 6.07) is 9.89. The van der Waals surface area contributed by atoms with E-state index in [-0.39, 0.29) is 31.0 Å². The zero-order valence-corrected chi connectivity index (χ0v) is 13.5. The molecule has 1 heterocycles. The predicted octanol–water partition coefficient (Wildman–Crippen LogP) is 3.31. The van der Waals surface area contributed by atoms with Crippen LogP contribution < -0.4 is 5.32 Å². The molecule has 124 valence electrons. The summed E-state index contributed by atoms with van der Waals surface area (Å²) in [4.78, 5) is 15.3. The van der Waals surface area contributed by atoms with Crippen molar-refractivity contribution in [2.24, 2.45) is 0 Å². The van der Waals surface area contributed by atoms with Gasteiger partial charge in [-0.3, -0.25) is 4.79 Å². The number of halogens is 2. The Morgan fingerprint density at radius 2 is 2.04 bits per heavy atom. The molecule has 1 aromatic heterocycles. The van der Waals surface area contributed by atoms with E-state index in [1.807, 2.05) is 12.1 Å². The third-order valence-corrected chi connectivity index (χ3v) is 4.09. The molecule has 24 heavy (non-hydrogen) atoms. The van der Waals surface area contributed by atoms with Gasteiger partial charge in [0.2, 0.25) is 5.91 Å². The monoisotopic (exact) mass is 346 g/mol. The van der Waals surface area contributed by atoms with Crippen LogP contribution in [0.15, 0.2) is 42.6 Å². The molecule has 0 unspecified atom stereocenters. The number of carbonyl (C=O) groups is 1. The summed E-state index contributed by atoms with van der Waals surface area (Å²) in [6.07, 6.45) is 2.01. The van der Waals surface area contributed by atoms with Crippen molar-refractivity contribution in [2.45, 2.75) is 19.6 Å². The number of amides is 1. The first kappa shape index (κ1) is 16.5. The van der Waals surface area contributed by atoms with E-state index in [2.05, 4.69) is 10.3 Å². The number of carbonyl (C=O) groups excluding carboxylic acids is 1. The number of benzene rings is 2. The highest BCUT2D eigenvalue weighted by molar-refractivity contribution is 6.31. The van der Waals surface area contributed by atoms with Crippen molar-refractivity contribution in [1.82, 2.24) is 10.3 Å². The molecule has 0 aliphatic carbocycles. The Bertz CT molecular complexity index is 892. The SMILES string of the molecule is O=C(Cc1c[nH]c2ccc(Cl)cc12)NCc1ccc(F)c(CO)c1. The van der Waals surface area contributed by atoms with Gasteiger partial charge in [0.1, 0.15) is 5.82 Å². The zero-order valence-electron chi connectivity index (χ0n) is 12.8. The number of rotatable bonds is 5. The van der Waals surface area contributed by atoms with Gasteiger partial charge in [0.05, 0.1) is 13.0 Å². The van der Waals surface area contributed by atoms with Gasteiger partial charge >= 0.3 is 0 Å². The van der Waals surface area contributed by atoms with E-state index in [1.165, 1.54) is 6.07 Å². The van der Waals surface area contributed by atoms with E-state index in [0.29, 0.717) is 5.02 Å². The van der Waals surface area contributed by atoms with Gasteiger partial charge in [0, 0.05) is 34.2 Å². The molecule has 0 fully saturated rings. The Morgan fingerprint density at radius 3 is 2.83 bits per heavy atom. The summed E-state index contributed by atoms with van der Waals surface area (Å²) >= 11 is 6.00. The Morgan fingerprint density at radius 1 is 1.21 bits per heavy atom. The van der Waals surface area contributed by atoms with E-state index in [9.17, 15) is 9.18 Å². The summed E-state index contributed by atoms with van der Waals surface area (Å²) in [5, 5.41) is 13.4. The quantitative estimate of drug-likeness (QED) is 0.663. The second-order valence-corrected chi connectivity index (χ2v) is 5.98. The van der Waals surface area contributed by atoms with Crippen LogP contribution in [-0.4, -0.2) is 16.0 Å². The molecule has 0 radical (unpaired) electrons. The van der Waals surface area contributed by atoms with Gasteiger partial charge in [-0.05, 0) is 41.5 Å². The molecule has 3 rings (SSSR count). The van der Waals surface area contributed by atoms with Crippen molar-refractivity contribution < 1.29 is 14.3 Å². The largest absolute Gasteiger partial charge is 0.392 e. The molecular formula is C18H16ClFN2O2. The number of fused-ring (bicyclic) bond motifs is 1. The molecule has 1 amide bonds. The van der Waals surface area contributed by atoms with Crippen LogP contribution in [0.4, 0.5) is 4.39 Å². The third kappa shape index (κ3) is 3.58. The van der Waals surface area contributed by atoms with Crippen LogP contribution in [0.2, 0.25) is 5.02 Å². The highest BCUT2D eigenvalue weighted by atomic mass is 35.5. The lowest BCUT2D eigenvalue weighted by molar-refractivity contribution is -0.120. The van der Waals surface area contributed by atoms with Crippen molar-refractivity contribution in [3.05, 3.63) is 70.1 Å². The van der Waals surface area contributed by atoms with Gasteiger partial charge in [0.25, 0.3) is 0 Å². The minimum Gasteiger partial charge on any atom is -0.392 e. The first-order valence-electron chi connectivity index (χ1n) is 7.47. The summed E-state index contributed by atoms with van der Waals surface area (Å²) < 4.78 is 13.3. The second-order valence-electron chi connectivity index (χ2n) is 5.54. The van der Waals surface area contributed by atoms with Crippen LogP contribution in [-0.2, 0) is 24.4 Å². The molecule has 0 saturated heterocycles. The number of hydrogen-bond donors (Lipinski definition) is 3. The van der Waals surface area contributed by atoms with Crippen LogP contribution >= 0.6 is 11.6 Å². The summed E-state index contributed by atoms with van der Waals surface area (Å²) in [5.41, 5.74) is 2.73. The van der Waals surface area contributed by atoms with Crippen LogP contribution in [0.25, 0.3) is 10.9 Å². The summed E-state index contributed by atoms with van der Waals surface area (Å²) in [7, 11) is 0. The Labute approximate surface area is 143 Å². The van der Waals surface area contributed by atoms with Crippen LogP contribution in [0.3, 0.4) is 0 Å². The third-order valence-electron chi connectivity index (χ3n) is 3.85. The standard InChI is InChI=1S/C18H16ClFN2O2/c19-14-2-4-17-15(7-14)12(9-21-17)6-18(24)22-8-11-1-3-16(20)13(5-11)10-23/h1-5,7,9,21,23H,6,8,10H2,(H,22,24). The van der Waals surface area contributed by atoms with Crippen LogP contribution in [0, 0.1) is 5.82 Å². The minimum absolute atomic E-state index is 0.147. The fourth-order valence-corrected chi connectivity index (χ4v) is 2.76. The number of nitrogens with one attached hydrogen (secondary N) is 2. The fourth-order valence-electron chi connectivity index (χ4n) is 2.59. The summed E-state index contributed by atoms with van der Waals surface area (Å²) in [6.45, 7) is -0.0983. The van der Waals surface area contributed by atoms with E-state index in [4.69, 9.17) is 16.7 Å². The average Bonchev–Trinajstić information content (AvgIpc) is 2.96. The maximum atomic E-state index is 13.3. The molecule has 0 aliphatic rings. The maximum Gasteiger partial charge on any atom is 0.224 e. The number of aromatic nitrogens is 1. The van der Waals surface area contributed by atoms with E-state index in [0.717, 1.165) is 22.0 Å². The first-order chi connectivity index (χ1) is 11.6. The van der Waals surface area contributed by atoms with Crippen molar-refractivity contribution in [3.8, 4) is 0 Å². The maximum absolute atomic E-state index is 13.3. The molecule has 0 aliphatic heterocycles. The molecule has 3 aromatic rings. The first-order valence-corrected chi connectivity index (χ1v) is 7.85. The van der Waals surface area contributed by atoms with E-state index >= 15 is 0 Å². The fraction of sp³-hybridized carbons (Fsp3) is 0.167. The minimum atomic E-state index is -0.455. The smallest absolute Gasteiger partial charge is 0.224 e. The molecule has 0 spiro atoms. The lowest BCUT2D eigenvalue weighted by Gasteiger charge is -2.07. The molecule has 0 saturated carbocycles. The average molecular weight is 347 g/mol. The van der Waals surface area contributed by atoms with Gasteiger partial charge in [-0.2, -0.15) is 0 Å². The highest BCUT2D eigenvalue weighted by Crippen LogP contribution is 2.22. The topological polar surface area (TPSA) is 65.1 Å². The Balaban J connectivity index is 1.66. The van der Waals surface area contributed by atoms with Crippen LogP contribution in [0.1, 0.15) is 16.7 Å². The molecule has 3 N–H and O–H groups in total. The van der Waals surface area contributed by atoms with Crippen molar-refractivity contribution in [3.63, 3.8) is 0 Å². The number of aliphatic hydroxyl groups excluding tert-OH is 1. The van der Waals surface area contributed by atoms with Gasteiger partial charge in [0.15, 0.2) is 0 Å². The Kier molecular flexibility index (Phi) is 4.83. The number of aliphatic hydroxyl groups is 1. The van der Waals surface area contributed by atoms with Crippen molar-refractivity contribution in [2.75, 3.05) is 0 Å². The predicted molar refractivity (Wildman–Crippen MR) is 91.2 cm³/mol. The molecular weight excluding hydrogens is 331 g/mol. The lowest BCUT2D eigenvalue weighted by Crippen LogP contribution is -2.24. The number of H-pyrrole nitrogens is 1. The van der Waals surface area contributed by atoms with Gasteiger partial charge in [-0.1, -0.05) is 17.7 Å². The molecule has 6 heteroatoms. The number of hydrogen-bond acceptors (Lipinski definition) is 2. The molecule has 2 aromatic carbocycles. The van der Waals surface area contributed by atoms with Gasteiger partial charge in [-0.15, -0.1) is 0 Å². The highest BCUT2D eigenvalue weighted by Gasteiger charge is 2.10. The molecule has 4 nitrogen and oxygen atoms in total. The van der Waals surface area contributed by atoms with Crippen molar-refractivity contribution >= 4 is 28.4 Å². The van der Waals surface area contributed by atoms with E-state index < -0.39 is 5.82 Å². The summed E-state index contributed by atoms with van der Waals surface area (Å²) in [5.74, 6) is -0.603. The van der Waals surface area contributed by atoms with Gasteiger partial charge < -0.3 is 15.4 Å². The van der Waals surface area contributed by atoms with Crippen LogP contribution in [0.5, 0.6) is 0 Å². The van der Waals surface area contributed by atoms with Crippen molar-refractivity contribution in [1.29, 1.82) is 0 Å².